The van der Waals surface area contributed by atoms with E-state index >= 15 is 0 Å². The number of benzene rings is 4. The quantitative estimate of drug-likeness (QED) is 0.230. The first-order valence-corrected chi connectivity index (χ1v) is 14.7. The number of carbonyl (C=O) groups is 1. The molecule has 0 radical (unpaired) electrons. The van der Waals surface area contributed by atoms with Gasteiger partial charge in [-0.05, 0) is 63.1 Å². The predicted molar refractivity (Wildman–Crippen MR) is 148 cm³/mol. The molecule has 4 aromatic rings. The highest BCUT2D eigenvalue weighted by atomic mass is 32.2. The number of nitrogens with zero attached hydrogens (tertiary/aromatic N) is 2. The summed E-state index contributed by atoms with van der Waals surface area (Å²) in [5.74, 6) is -0.456. The lowest BCUT2D eigenvalue weighted by Crippen LogP contribution is -2.03. The van der Waals surface area contributed by atoms with Crippen molar-refractivity contribution in [3.8, 4) is 11.1 Å². The maximum absolute atomic E-state index is 13.3. The van der Waals surface area contributed by atoms with E-state index in [2.05, 4.69) is 9.44 Å². The topological polar surface area (TPSA) is 114 Å². The first-order chi connectivity index (χ1) is 17.9. The summed E-state index contributed by atoms with van der Waals surface area (Å²) in [5, 5.41) is 0. The minimum Gasteiger partial charge on any atom is -0.572 e. The molecule has 1 aliphatic carbocycles. The van der Waals surface area contributed by atoms with E-state index in [1.165, 1.54) is 24.3 Å². The Morgan fingerprint density at radius 1 is 0.500 bits per heavy atom. The van der Waals surface area contributed by atoms with Gasteiger partial charge in [0, 0.05) is 11.1 Å². The Labute approximate surface area is 222 Å². The number of ketones is 1. The summed E-state index contributed by atoms with van der Waals surface area (Å²) in [6, 6.07) is 19.2. The lowest BCUT2D eigenvalue weighted by atomic mass is 10.1. The molecule has 5 rings (SSSR count). The van der Waals surface area contributed by atoms with Crippen molar-refractivity contribution in [3.05, 3.63) is 116 Å². The summed E-state index contributed by atoms with van der Waals surface area (Å²) in [6.07, 6.45) is 0. The van der Waals surface area contributed by atoms with Gasteiger partial charge in [0.2, 0.25) is 0 Å². The van der Waals surface area contributed by atoms with Crippen LogP contribution in [0.4, 0.5) is 11.4 Å². The van der Waals surface area contributed by atoms with E-state index in [1.54, 1.807) is 50.2 Å². The Hall–Kier alpha value is -3.95. The molecule has 1 aliphatic rings. The molecule has 0 bridgehead atoms. The van der Waals surface area contributed by atoms with Crippen molar-refractivity contribution in [1.82, 2.24) is 0 Å². The van der Waals surface area contributed by atoms with Gasteiger partial charge in [-0.25, -0.2) is 16.8 Å². The van der Waals surface area contributed by atoms with E-state index in [1.807, 2.05) is 26.0 Å². The van der Waals surface area contributed by atoms with Crippen molar-refractivity contribution in [1.29, 1.82) is 0 Å². The number of carbonyl (C=O) groups excluding carboxylic acids is 1. The monoisotopic (exact) mass is 544 g/mol. The van der Waals surface area contributed by atoms with Crippen LogP contribution in [0.3, 0.4) is 0 Å². The number of rotatable bonds is 6. The molecule has 4 aromatic carbocycles. The average molecular weight is 545 g/mol. The van der Waals surface area contributed by atoms with Gasteiger partial charge in [-0.3, -0.25) is 4.79 Å². The zero-order valence-electron chi connectivity index (χ0n) is 21.2. The smallest absolute Gasteiger partial charge is 0.194 e. The molecule has 9 heteroatoms. The molecular weight excluding hydrogens is 520 g/mol. The molecule has 38 heavy (non-hydrogen) atoms. The summed E-state index contributed by atoms with van der Waals surface area (Å²) < 4.78 is 60.3. The molecule has 0 atom stereocenters. The zero-order valence-corrected chi connectivity index (χ0v) is 22.8. The van der Waals surface area contributed by atoms with Crippen LogP contribution in [0.2, 0.25) is 0 Å². The Kier molecular flexibility index (Phi) is 6.16. The molecule has 0 amide bonds. The fraction of sp³-hybridized carbons (Fsp3) is 0.138. The van der Waals surface area contributed by atoms with Gasteiger partial charge in [-0.15, -0.1) is 11.4 Å². The van der Waals surface area contributed by atoms with Crippen LogP contribution in [0.15, 0.2) is 82.6 Å². The van der Waals surface area contributed by atoms with E-state index in [-0.39, 0.29) is 20.9 Å². The SMILES string of the molecule is Cc1ccc(C)c([N-]S(=O)(=O)c2ccc3c(c2)C(=O)c2cc(S(=O)(=O)[N-]c4cc(C)ccc4C)ccc2-3)c1. The second-order valence-electron chi connectivity index (χ2n) is 9.46. The molecule has 0 N–H and O–H groups in total. The third-order valence-electron chi connectivity index (χ3n) is 6.52. The fourth-order valence-corrected chi connectivity index (χ4v) is 6.49. The minimum atomic E-state index is -4.10. The Morgan fingerprint density at radius 3 is 1.29 bits per heavy atom. The maximum atomic E-state index is 13.3. The summed E-state index contributed by atoms with van der Waals surface area (Å²) >= 11 is 0. The highest BCUT2D eigenvalue weighted by Crippen LogP contribution is 2.41. The number of hydrogen-bond donors (Lipinski definition) is 0. The van der Waals surface area contributed by atoms with Crippen LogP contribution in [-0.4, -0.2) is 22.6 Å². The lowest BCUT2D eigenvalue weighted by molar-refractivity contribution is 0.104. The molecule has 194 valence electrons. The van der Waals surface area contributed by atoms with Crippen molar-refractivity contribution in [2.24, 2.45) is 0 Å². The van der Waals surface area contributed by atoms with Crippen LogP contribution < -0.4 is 0 Å². The second kappa shape index (κ2) is 9.11. The van der Waals surface area contributed by atoms with E-state index in [0.29, 0.717) is 33.6 Å². The number of hydrogen-bond acceptors (Lipinski definition) is 5. The van der Waals surface area contributed by atoms with Gasteiger partial charge in [0.1, 0.15) is 20.0 Å². The molecule has 0 saturated carbocycles. The predicted octanol–water partition coefficient (Wildman–Crippen LogP) is 6.92. The molecule has 7 nitrogen and oxygen atoms in total. The summed E-state index contributed by atoms with van der Waals surface area (Å²) in [4.78, 5) is 13.1. The zero-order chi connectivity index (χ0) is 27.4. The van der Waals surface area contributed by atoms with E-state index in [4.69, 9.17) is 0 Å². The van der Waals surface area contributed by atoms with E-state index in [0.717, 1.165) is 11.1 Å². The number of fused-ring (bicyclic) bond motifs is 3. The first-order valence-electron chi connectivity index (χ1n) is 11.8. The van der Waals surface area contributed by atoms with Crippen LogP contribution in [-0.2, 0) is 20.0 Å². The van der Waals surface area contributed by atoms with Gasteiger partial charge < -0.3 is 9.44 Å². The van der Waals surface area contributed by atoms with Gasteiger partial charge in [0.15, 0.2) is 5.78 Å². The van der Waals surface area contributed by atoms with Crippen LogP contribution in [0.5, 0.6) is 0 Å². The van der Waals surface area contributed by atoms with Gasteiger partial charge >= 0.3 is 0 Å². The first kappa shape index (κ1) is 25.7. The Morgan fingerprint density at radius 2 is 0.895 bits per heavy atom. The lowest BCUT2D eigenvalue weighted by Gasteiger charge is -2.25. The summed E-state index contributed by atoms with van der Waals surface area (Å²) in [5.41, 5.74) is 5.27. The fourth-order valence-electron chi connectivity index (χ4n) is 4.36. The summed E-state index contributed by atoms with van der Waals surface area (Å²) in [6.45, 7) is 7.24. The van der Waals surface area contributed by atoms with Gasteiger partial charge in [-0.1, -0.05) is 70.8 Å². The third-order valence-corrected chi connectivity index (χ3v) is 9.10. The van der Waals surface area contributed by atoms with Crippen molar-refractivity contribution in [2.45, 2.75) is 37.5 Å². The highest BCUT2D eigenvalue weighted by Gasteiger charge is 2.29. The van der Waals surface area contributed by atoms with Crippen molar-refractivity contribution >= 4 is 37.2 Å². The second-order valence-corrected chi connectivity index (χ2v) is 12.7. The number of aryl methyl sites for hydroxylation is 4. The standard InChI is InChI=1S/C29H24N2O5S2/c1-17-5-7-19(3)27(13-17)30-37(33,34)21-9-11-23-24-12-10-22(16-26(24)29(32)25(23)15-21)38(35,36)31-28-14-18(2)6-8-20(28)4/h5-16H,1-4H3/q-2. The van der Waals surface area contributed by atoms with Crippen LogP contribution in [0.25, 0.3) is 20.6 Å². The number of sulfonamides is 2. The normalized spacial score (nSPS) is 12.7. The summed E-state index contributed by atoms with van der Waals surface area (Å²) in [7, 11) is -8.19. The van der Waals surface area contributed by atoms with E-state index < -0.39 is 25.8 Å². The Balaban J connectivity index is 1.47. The minimum absolute atomic E-state index is 0.115. The molecule has 0 spiro atoms. The van der Waals surface area contributed by atoms with Crippen molar-refractivity contribution in [2.75, 3.05) is 0 Å². The van der Waals surface area contributed by atoms with Crippen molar-refractivity contribution in [3.63, 3.8) is 0 Å². The van der Waals surface area contributed by atoms with Gasteiger partial charge in [-0.2, -0.15) is 0 Å². The molecule has 0 aromatic heterocycles. The van der Waals surface area contributed by atoms with Crippen LogP contribution >= 0.6 is 0 Å². The molecular formula is C29H24N2O5S2-2. The Bertz CT molecular complexity index is 1730. The van der Waals surface area contributed by atoms with E-state index in [9.17, 15) is 21.6 Å². The molecule has 0 unspecified atom stereocenters. The average Bonchev–Trinajstić information content (AvgIpc) is 3.14. The highest BCUT2D eigenvalue weighted by molar-refractivity contribution is 7.94. The maximum Gasteiger partial charge on any atom is 0.194 e. The van der Waals surface area contributed by atoms with Gasteiger partial charge in [0.25, 0.3) is 0 Å². The van der Waals surface area contributed by atoms with Crippen molar-refractivity contribution < 1.29 is 21.6 Å². The third kappa shape index (κ3) is 4.59. The van der Waals surface area contributed by atoms with Gasteiger partial charge in [0.05, 0.1) is 9.79 Å². The molecule has 0 saturated heterocycles. The van der Waals surface area contributed by atoms with Crippen LogP contribution in [0.1, 0.15) is 38.2 Å². The van der Waals surface area contributed by atoms with Crippen LogP contribution in [0, 0.1) is 27.7 Å². The molecule has 0 fully saturated rings. The largest absolute Gasteiger partial charge is 0.572 e. The molecule has 0 aliphatic heterocycles. The molecule has 0 heterocycles.